The highest BCUT2D eigenvalue weighted by molar-refractivity contribution is 7.90. The zero-order valence-corrected chi connectivity index (χ0v) is 20.1. The molecule has 0 radical (unpaired) electrons. The summed E-state index contributed by atoms with van der Waals surface area (Å²) in [6.45, 7) is 6.73. The predicted molar refractivity (Wildman–Crippen MR) is 124 cm³/mol. The van der Waals surface area contributed by atoms with Crippen molar-refractivity contribution in [1.29, 1.82) is 0 Å². The molecule has 3 rings (SSSR count). The van der Waals surface area contributed by atoms with Crippen molar-refractivity contribution in [2.45, 2.75) is 57.6 Å². The van der Waals surface area contributed by atoms with Crippen LogP contribution < -0.4 is 5.32 Å². The second-order valence-electron chi connectivity index (χ2n) is 8.25. The van der Waals surface area contributed by atoms with E-state index >= 15 is 0 Å². The van der Waals surface area contributed by atoms with Crippen LogP contribution in [0, 0.1) is 6.92 Å². The van der Waals surface area contributed by atoms with Gasteiger partial charge in [0.1, 0.15) is 17.5 Å². The molecule has 0 unspecified atom stereocenters. The third-order valence-electron chi connectivity index (χ3n) is 5.96. The lowest BCUT2D eigenvalue weighted by Crippen LogP contribution is -2.52. The molecule has 176 valence electrons. The van der Waals surface area contributed by atoms with E-state index in [9.17, 15) is 22.8 Å². The molecule has 2 atom stereocenters. The fourth-order valence-corrected chi connectivity index (χ4v) is 5.14. The van der Waals surface area contributed by atoms with Crippen LogP contribution in [0.15, 0.2) is 53.4 Å². The minimum Gasteiger partial charge on any atom is -0.352 e. The molecule has 8 nitrogen and oxygen atoms in total. The number of nitrogens with zero attached hydrogens (tertiary/aromatic N) is 2. The number of carbonyl (C=O) groups is 3. The van der Waals surface area contributed by atoms with E-state index < -0.39 is 34.4 Å². The van der Waals surface area contributed by atoms with Gasteiger partial charge in [-0.25, -0.2) is 12.7 Å². The molecule has 0 bridgehead atoms. The first kappa shape index (κ1) is 24.4. The molecule has 0 saturated heterocycles. The number of aryl methyl sites for hydroxylation is 1. The van der Waals surface area contributed by atoms with Crippen LogP contribution in [0.25, 0.3) is 0 Å². The Morgan fingerprint density at radius 2 is 1.70 bits per heavy atom. The van der Waals surface area contributed by atoms with Crippen LogP contribution >= 0.6 is 0 Å². The molecule has 1 aliphatic heterocycles. The smallest absolute Gasteiger partial charge is 0.269 e. The van der Waals surface area contributed by atoms with Crippen LogP contribution in [0.1, 0.15) is 48.7 Å². The molecule has 2 aromatic carbocycles. The van der Waals surface area contributed by atoms with Crippen molar-refractivity contribution >= 4 is 27.7 Å². The van der Waals surface area contributed by atoms with E-state index in [2.05, 4.69) is 5.32 Å². The second kappa shape index (κ2) is 9.74. The van der Waals surface area contributed by atoms with Gasteiger partial charge in [-0.1, -0.05) is 43.3 Å². The number of carbonyl (C=O) groups excluding carboxylic acids is 3. The van der Waals surface area contributed by atoms with Gasteiger partial charge in [0, 0.05) is 12.6 Å². The summed E-state index contributed by atoms with van der Waals surface area (Å²) < 4.78 is 26.4. The number of hydrogen-bond donors (Lipinski definition) is 1. The number of amides is 3. The van der Waals surface area contributed by atoms with Crippen LogP contribution in [0.5, 0.6) is 0 Å². The Morgan fingerprint density at radius 3 is 2.33 bits per heavy atom. The number of benzene rings is 2. The van der Waals surface area contributed by atoms with E-state index in [-0.39, 0.29) is 29.0 Å². The van der Waals surface area contributed by atoms with Crippen LogP contribution in [0.2, 0.25) is 0 Å². The summed E-state index contributed by atoms with van der Waals surface area (Å²) in [5.41, 5.74) is 1.80. The summed E-state index contributed by atoms with van der Waals surface area (Å²) in [7, 11) is -4.14. The first-order chi connectivity index (χ1) is 15.6. The highest BCUT2D eigenvalue weighted by Crippen LogP contribution is 2.30. The highest BCUT2D eigenvalue weighted by Gasteiger charge is 2.43. The van der Waals surface area contributed by atoms with Crippen LogP contribution in [0.4, 0.5) is 0 Å². The van der Waals surface area contributed by atoms with Gasteiger partial charge in [-0.2, -0.15) is 0 Å². The standard InChI is InChI=1S/C24H29N3O5S/c1-5-17(3)25-23(29)18(4)26(14-19-11-7-6-10-16(19)2)22(28)15-27-24(30)20-12-8-9-13-21(20)33(27,31)32/h6-13,17-18H,5,14-15H2,1-4H3,(H,25,29)/t17-,18-/m0/s1. The van der Waals surface area contributed by atoms with Crippen molar-refractivity contribution in [1.82, 2.24) is 14.5 Å². The zero-order valence-electron chi connectivity index (χ0n) is 19.2. The maximum Gasteiger partial charge on any atom is 0.269 e. The Hall–Kier alpha value is -3.20. The number of hydrogen-bond acceptors (Lipinski definition) is 5. The Morgan fingerprint density at radius 1 is 1.06 bits per heavy atom. The molecule has 1 aliphatic rings. The van der Waals surface area contributed by atoms with Gasteiger partial charge in [-0.15, -0.1) is 0 Å². The van der Waals surface area contributed by atoms with Crippen LogP contribution in [0.3, 0.4) is 0 Å². The van der Waals surface area contributed by atoms with E-state index in [4.69, 9.17) is 0 Å². The van der Waals surface area contributed by atoms with E-state index in [0.717, 1.165) is 17.5 Å². The van der Waals surface area contributed by atoms with Gasteiger partial charge in [-0.05, 0) is 50.5 Å². The monoisotopic (exact) mass is 471 g/mol. The normalized spacial score (nSPS) is 16.1. The minimum absolute atomic E-state index is 0.0401. The minimum atomic E-state index is -4.14. The highest BCUT2D eigenvalue weighted by atomic mass is 32.2. The summed E-state index contributed by atoms with van der Waals surface area (Å²) in [6.07, 6.45) is 0.725. The summed E-state index contributed by atoms with van der Waals surface area (Å²) in [4.78, 5) is 40.2. The largest absolute Gasteiger partial charge is 0.352 e. The van der Waals surface area contributed by atoms with Gasteiger partial charge in [0.05, 0.1) is 5.56 Å². The van der Waals surface area contributed by atoms with Gasteiger partial charge in [0.2, 0.25) is 11.8 Å². The van der Waals surface area contributed by atoms with Gasteiger partial charge in [0.15, 0.2) is 0 Å². The fourth-order valence-electron chi connectivity index (χ4n) is 3.62. The van der Waals surface area contributed by atoms with Gasteiger partial charge < -0.3 is 10.2 Å². The number of sulfonamides is 1. The van der Waals surface area contributed by atoms with Crippen molar-refractivity contribution in [2.24, 2.45) is 0 Å². The van der Waals surface area contributed by atoms with Gasteiger partial charge in [-0.3, -0.25) is 14.4 Å². The average Bonchev–Trinajstić information content (AvgIpc) is 2.98. The third kappa shape index (κ3) is 4.93. The molecule has 3 amide bonds. The van der Waals surface area contributed by atoms with Crippen LogP contribution in [-0.2, 0) is 26.2 Å². The zero-order chi connectivity index (χ0) is 24.3. The number of nitrogens with one attached hydrogen (secondary N) is 1. The van der Waals surface area contributed by atoms with Crippen molar-refractivity contribution < 1.29 is 22.8 Å². The topological polar surface area (TPSA) is 104 Å². The molecule has 0 fully saturated rings. The number of fused-ring (bicyclic) bond motifs is 1. The molecule has 1 N–H and O–H groups in total. The maximum absolute atomic E-state index is 13.4. The van der Waals surface area contributed by atoms with Crippen molar-refractivity contribution in [3.05, 3.63) is 65.2 Å². The molecular formula is C24H29N3O5S. The molecule has 9 heteroatoms. The number of rotatable bonds is 8. The summed E-state index contributed by atoms with van der Waals surface area (Å²) in [5, 5.41) is 2.87. The van der Waals surface area contributed by atoms with E-state index in [0.29, 0.717) is 4.31 Å². The maximum atomic E-state index is 13.4. The lowest BCUT2D eigenvalue weighted by molar-refractivity contribution is -0.140. The quantitative estimate of drug-likeness (QED) is 0.637. The van der Waals surface area contributed by atoms with Gasteiger partial charge in [0.25, 0.3) is 15.9 Å². The Kier molecular flexibility index (Phi) is 7.22. The SMILES string of the molecule is CC[C@H](C)NC(=O)[C@H](C)N(Cc1ccccc1C)C(=O)CN1C(=O)c2ccccc2S1(=O)=O. The van der Waals surface area contributed by atoms with Crippen molar-refractivity contribution in [3.8, 4) is 0 Å². The molecule has 2 aromatic rings. The van der Waals surface area contributed by atoms with E-state index in [1.807, 2.05) is 45.0 Å². The Bertz CT molecular complexity index is 1180. The molecule has 0 spiro atoms. The Balaban J connectivity index is 1.90. The van der Waals surface area contributed by atoms with Gasteiger partial charge >= 0.3 is 0 Å². The van der Waals surface area contributed by atoms with Crippen molar-refractivity contribution in [3.63, 3.8) is 0 Å². The lowest BCUT2D eigenvalue weighted by Gasteiger charge is -2.31. The molecule has 0 aliphatic carbocycles. The van der Waals surface area contributed by atoms with E-state index in [1.165, 1.54) is 23.1 Å². The fraction of sp³-hybridized carbons (Fsp3) is 0.375. The average molecular weight is 472 g/mol. The first-order valence-corrected chi connectivity index (χ1v) is 12.3. The molecule has 0 saturated carbocycles. The molecule has 0 aromatic heterocycles. The summed E-state index contributed by atoms with van der Waals surface area (Å²) in [6, 6.07) is 12.4. The first-order valence-electron chi connectivity index (χ1n) is 10.9. The van der Waals surface area contributed by atoms with E-state index in [1.54, 1.807) is 13.0 Å². The van der Waals surface area contributed by atoms with Crippen LogP contribution in [-0.4, -0.2) is 54.0 Å². The Labute approximate surface area is 194 Å². The lowest BCUT2D eigenvalue weighted by atomic mass is 10.1. The molecule has 33 heavy (non-hydrogen) atoms. The molecular weight excluding hydrogens is 442 g/mol. The molecule has 1 heterocycles. The third-order valence-corrected chi connectivity index (χ3v) is 7.75. The summed E-state index contributed by atoms with van der Waals surface area (Å²) >= 11 is 0. The van der Waals surface area contributed by atoms with Crippen molar-refractivity contribution in [2.75, 3.05) is 6.54 Å². The predicted octanol–water partition coefficient (Wildman–Crippen LogP) is 2.47. The second-order valence-corrected chi connectivity index (χ2v) is 10.1. The summed E-state index contributed by atoms with van der Waals surface area (Å²) in [5.74, 6) is -1.72.